The number of hydrogen-bond donors (Lipinski definition) is 3. The Kier molecular flexibility index (Phi) is 36.5. The molecule has 0 radical (unpaired) electrons. The molecule has 0 aromatic rings. The maximum absolute atomic E-state index is 13.6. The van der Waals surface area contributed by atoms with Gasteiger partial charge in [-0.3, -0.25) is 24.2 Å². The quantitative estimate of drug-likeness (QED) is 0.0319. The molecule has 0 aliphatic carbocycles. The average Bonchev–Trinajstić information content (AvgIpc) is 3.20. The third-order valence-corrected chi connectivity index (χ3v) is 11.1. The maximum Gasteiger partial charge on any atom is 0.311 e. The number of β-amino-alcohol motifs (C(OH)–C–C–N with tert-alkyl or cyclic N) is 1. The van der Waals surface area contributed by atoms with Crippen molar-refractivity contribution in [2.45, 2.75) is 187 Å². The number of unbranched alkanes of at least 4 members (excludes halogenated alkanes) is 18. The molecule has 1 amide bonds. The van der Waals surface area contributed by atoms with Crippen molar-refractivity contribution in [3.05, 3.63) is 48.6 Å². The Labute approximate surface area is 355 Å². The van der Waals surface area contributed by atoms with E-state index in [1.165, 1.54) is 83.5 Å². The summed E-state index contributed by atoms with van der Waals surface area (Å²) in [6, 6.07) is -0.818. The molecule has 1 saturated heterocycles. The average molecular weight is 814 g/mol. The van der Waals surface area contributed by atoms with E-state index >= 15 is 0 Å². The Bertz CT molecular complexity index is 1110. The first-order valence-electron chi connectivity index (χ1n) is 23.7. The monoisotopic (exact) mass is 814 g/mol. The molecule has 1 aliphatic heterocycles. The van der Waals surface area contributed by atoms with Crippen LogP contribution in [0.4, 0.5) is 0 Å². The second-order valence-corrected chi connectivity index (χ2v) is 16.3. The fraction of sp³-hybridized carbons (Fsp3) is 0.776. The van der Waals surface area contributed by atoms with Crippen molar-refractivity contribution in [3.8, 4) is 0 Å². The number of aliphatic hydroxyl groups is 1. The number of aliphatic carboxylic acids is 1. The Balaban J connectivity index is 2.52. The second kappa shape index (κ2) is 39.7. The van der Waals surface area contributed by atoms with Crippen LogP contribution in [0.5, 0.6) is 0 Å². The smallest absolute Gasteiger partial charge is 0.311 e. The number of amides is 1. The van der Waals surface area contributed by atoms with Crippen LogP contribution in [0.3, 0.4) is 0 Å². The van der Waals surface area contributed by atoms with Gasteiger partial charge in [0.05, 0.1) is 38.1 Å². The van der Waals surface area contributed by atoms with E-state index in [1.54, 1.807) is 0 Å². The number of carboxylic acid groups (broad SMARTS) is 1. The van der Waals surface area contributed by atoms with E-state index in [9.17, 15) is 24.6 Å². The summed E-state index contributed by atoms with van der Waals surface area (Å²) in [6.45, 7) is 8.61. The van der Waals surface area contributed by atoms with E-state index in [-0.39, 0.29) is 25.5 Å². The maximum atomic E-state index is 13.6. The lowest BCUT2D eigenvalue weighted by atomic mass is 9.90. The van der Waals surface area contributed by atoms with Crippen LogP contribution in [0.2, 0.25) is 0 Å². The number of nitrogens with zero attached hydrogens (tertiary/aromatic N) is 2. The normalized spacial score (nSPS) is 15.3. The summed E-state index contributed by atoms with van der Waals surface area (Å²) in [7, 11) is 0. The third kappa shape index (κ3) is 32.1. The molecule has 2 unspecified atom stereocenters. The number of hydrogen-bond acceptors (Lipinski definition) is 7. The van der Waals surface area contributed by atoms with Gasteiger partial charge in [-0.15, -0.1) is 0 Å². The summed E-state index contributed by atoms with van der Waals surface area (Å²) in [5, 5.41) is 22.0. The van der Waals surface area contributed by atoms with Crippen LogP contribution in [0.1, 0.15) is 181 Å². The number of esters is 1. The zero-order valence-electron chi connectivity index (χ0n) is 37.2. The Morgan fingerprint density at radius 1 is 0.603 bits per heavy atom. The zero-order chi connectivity index (χ0) is 42.2. The van der Waals surface area contributed by atoms with Gasteiger partial charge in [-0.25, -0.2) is 0 Å². The van der Waals surface area contributed by atoms with Crippen molar-refractivity contribution in [1.29, 1.82) is 0 Å². The predicted octanol–water partition coefficient (Wildman–Crippen LogP) is 10.7. The zero-order valence-corrected chi connectivity index (χ0v) is 37.2. The van der Waals surface area contributed by atoms with Crippen LogP contribution in [-0.2, 0) is 19.1 Å². The van der Waals surface area contributed by atoms with E-state index < -0.39 is 23.9 Å². The highest BCUT2D eigenvalue weighted by Gasteiger charge is 2.33. The van der Waals surface area contributed by atoms with Crippen molar-refractivity contribution in [2.75, 3.05) is 52.5 Å². The van der Waals surface area contributed by atoms with Crippen LogP contribution in [0.25, 0.3) is 0 Å². The van der Waals surface area contributed by atoms with E-state index in [4.69, 9.17) is 4.74 Å². The summed E-state index contributed by atoms with van der Waals surface area (Å²) < 4.78 is 5.79. The van der Waals surface area contributed by atoms with Crippen LogP contribution < -0.4 is 5.32 Å². The number of piperazine rings is 1. The summed E-state index contributed by atoms with van der Waals surface area (Å²) in [4.78, 5) is 43.0. The molecule has 0 bridgehead atoms. The van der Waals surface area contributed by atoms with Crippen LogP contribution >= 0.6 is 0 Å². The highest BCUT2D eigenvalue weighted by Crippen LogP contribution is 2.21. The van der Waals surface area contributed by atoms with E-state index in [0.717, 1.165) is 83.7 Å². The van der Waals surface area contributed by atoms with Gasteiger partial charge in [0, 0.05) is 32.7 Å². The third-order valence-electron chi connectivity index (χ3n) is 11.1. The molecule has 9 heteroatoms. The first-order valence-corrected chi connectivity index (χ1v) is 23.7. The molecule has 58 heavy (non-hydrogen) atoms. The minimum atomic E-state index is -1.04. The number of aliphatic hydroxyl groups excluding tert-OH is 1. The minimum Gasteiger partial charge on any atom is -0.481 e. The Morgan fingerprint density at radius 2 is 1.05 bits per heavy atom. The number of ether oxygens (including phenoxy) is 1. The van der Waals surface area contributed by atoms with Crippen molar-refractivity contribution < 1.29 is 29.3 Å². The summed E-state index contributed by atoms with van der Waals surface area (Å²) in [5.41, 5.74) is 0. The van der Waals surface area contributed by atoms with E-state index in [0.29, 0.717) is 32.7 Å². The first-order chi connectivity index (χ1) is 28.4. The highest BCUT2D eigenvalue weighted by atomic mass is 16.5. The standard InChI is InChI=1S/C49H87N3O6/c1-3-5-7-9-11-13-15-17-19-21-23-25-27-29-31-33-35-45(46(43-48(55)56)50-47(54)44-52-38-36-51(37-39-52)40-41-53)49(57)58-42-34-32-30-28-26-24-22-20-18-16-14-12-10-8-6-4-2/h11-14,17-20,45-46,53H,3-10,15-16,21-44H2,1-2H3,(H,50,54)(H,55,56)/b13-11-,14-12-,19-17-,20-18-. The van der Waals surface area contributed by atoms with Crippen LogP contribution in [0.15, 0.2) is 48.6 Å². The van der Waals surface area contributed by atoms with Crippen molar-refractivity contribution >= 4 is 17.8 Å². The first kappa shape index (κ1) is 53.3. The van der Waals surface area contributed by atoms with E-state index in [2.05, 4.69) is 72.7 Å². The number of carboxylic acids is 1. The largest absolute Gasteiger partial charge is 0.481 e. The summed E-state index contributed by atoms with van der Waals surface area (Å²) in [5.74, 6) is -2.39. The molecule has 1 rings (SSSR count). The molecular weight excluding hydrogens is 727 g/mol. The molecule has 0 aromatic heterocycles. The van der Waals surface area contributed by atoms with E-state index in [1.807, 2.05) is 4.90 Å². The molecule has 334 valence electrons. The molecule has 3 N–H and O–H groups in total. The Morgan fingerprint density at radius 3 is 1.53 bits per heavy atom. The Hall–Kier alpha value is -2.75. The number of nitrogens with one attached hydrogen (secondary N) is 1. The lowest BCUT2D eigenvalue weighted by Crippen LogP contribution is -2.52. The highest BCUT2D eigenvalue weighted by molar-refractivity contribution is 5.81. The molecule has 0 saturated carbocycles. The van der Waals surface area contributed by atoms with Gasteiger partial charge in [0.25, 0.3) is 0 Å². The van der Waals surface area contributed by atoms with Gasteiger partial charge in [-0.05, 0) is 77.0 Å². The van der Waals surface area contributed by atoms with Gasteiger partial charge >= 0.3 is 11.9 Å². The molecule has 1 aliphatic rings. The fourth-order valence-electron chi connectivity index (χ4n) is 7.46. The molecule has 2 atom stereocenters. The molecular formula is C49H87N3O6. The summed E-state index contributed by atoms with van der Waals surface area (Å²) in [6.07, 6.45) is 45.5. The van der Waals surface area contributed by atoms with Gasteiger partial charge in [-0.1, -0.05) is 146 Å². The molecule has 0 spiro atoms. The second-order valence-electron chi connectivity index (χ2n) is 16.3. The van der Waals surface area contributed by atoms with Crippen LogP contribution in [0, 0.1) is 5.92 Å². The molecule has 9 nitrogen and oxygen atoms in total. The molecule has 1 fully saturated rings. The minimum absolute atomic E-state index is 0.111. The molecule has 1 heterocycles. The van der Waals surface area contributed by atoms with Crippen molar-refractivity contribution in [1.82, 2.24) is 15.1 Å². The lowest BCUT2D eigenvalue weighted by molar-refractivity contribution is -0.151. The van der Waals surface area contributed by atoms with Gasteiger partial charge in [0.1, 0.15) is 0 Å². The summed E-state index contributed by atoms with van der Waals surface area (Å²) >= 11 is 0. The molecule has 0 aromatic carbocycles. The number of carbonyl (C=O) groups is 3. The number of allylic oxidation sites excluding steroid dienone is 8. The van der Waals surface area contributed by atoms with Gasteiger partial charge in [0.15, 0.2) is 0 Å². The topological polar surface area (TPSA) is 119 Å². The van der Waals surface area contributed by atoms with Crippen LogP contribution in [-0.4, -0.2) is 96.4 Å². The van der Waals surface area contributed by atoms with Gasteiger partial charge in [0.2, 0.25) is 5.91 Å². The number of rotatable bonds is 39. The van der Waals surface area contributed by atoms with Gasteiger partial charge < -0.3 is 20.3 Å². The van der Waals surface area contributed by atoms with Crippen molar-refractivity contribution in [3.63, 3.8) is 0 Å². The predicted molar refractivity (Wildman–Crippen MR) is 242 cm³/mol. The van der Waals surface area contributed by atoms with Crippen molar-refractivity contribution in [2.24, 2.45) is 5.92 Å². The van der Waals surface area contributed by atoms with Gasteiger partial charge in [-0.2, -0.15) is 0 Å². The SMILES string of the molecule is CCCCC/C=C\C/C=C\CCCCCCCCOC(=O)C(CCCCCCCC/C=C\C/C=C\CCCCC)C(CC(=O)O)NC(=O)CN1CCN(CCO)CC1. The lowest BCUT2D eigenvalue weighted by Gasteiger charge is -2.34. The number of carbonyl (C=O) groups excluding carboxylic acids is 2. The fourth-order valence-corrected chi connectivity index (χ4v) is 7.46.